The fourth-order valence-corrected chi connectivity index (χ4v) is 9.29. The lowest BCUT2D eigenvalue weighted by atomic mass is 9.83. The van der Waals surface area contributed by atoms with Crippen LogP contribution in [0.4, 0.5) is 46.6 Å². The lowest BCUT2D eigenvalue weighted by Crippen LogP contribution is -2.63. The lowest BCUT2D eigenvalue weighted by Gasteiger charge is -2.51. The number of carbonyl (C=O) groups is 3. The Bertz CT molecular complexity index is 1630. The van der Waals surface area contributed by atoms with Gasteiger partial charge in [0.2, 0.25) is 5.91 Å². The van der Waals surface area contributed by atoms with Crippen LogP contribution in [0.2, 0.25) is 0 Å². The van der Waals surface area contributed by atoms with Gasteiger partial charge in [-0.15, -0.1) is 11.3 Å². The summed E-state index contributed by atoms with van der Waals surface area (Å²) in [6.07, 6.45) is -7.84. The molecule has 5 saturated heterocycles. The van der Waals surface area contributed by atoms with Crippen molar-refractivity contribution in [1.29, 1.82) is 0 Å². The average molecular weight is 757 g/mol. The van der Waals surface area contributed by atoms with E-state index >= 15 is 0 Å². The van der Waals surface area contributed by atoms with Gasteiger partial charge in [0.05, 0.1) is 23.4 Å². The molecule has 5 amide bonds. The highest BCUT2D eigenvalue weighted by Gasteiger charge is 2.43. The maximum atomic E-state index is 14.1. The van der Waals surface area contributed by atoms with Crippen molar-refractivity contribution in [2.45, 2.75) is 69.1 Å². The monoisotopic (exact) mass is 756 g/mol. The van der Waals surface area contributed by atoms with E-state index < -0.39 is 59.1 Å². The number of piperidine rings is 4. The maximum Gasteiger partial charge on any atom is 0.418 e. The highest BCUT2D eigenvalue weighted by Crippen LogP contribution is 2.42. The summed E-state index contributed by atoms with van der Waals surface area (Å²) in [7, 11) is 0. The molecule has 0 spiro atoms. The van der Waals surface area contributed by atoms with E-state index in [1.54, 1.807) is 4.90 Å². The quantitative estimate of drug-likeness (QED) is 0.290. The van der Waals surface area contributed by atoms with Crippen molar-refractivity contribution < 1.29 is 40.7 Å². The molecule has 284 valence electrons. The van der Waals surface area contributed by atoms with Crippen LogP contribution in [-0.4, -0.2) is 119 Å². The Balaban J connectivity index is 1.06. The van der Waals surface area contributed by atoms with Gasteiger partial charge in [-0.25, -0.2) is 9.59 Å². The first kappa shape index (κ1) is 36.6. The topological polar surface area (TPSA) is 117 Å². The zero-order valence-corrected chi connectivity index (χ0v) is 29.3. The number of hydrogen-bond acceptors (Lipinski definition) is 7. The van der Waals surface area contributed by atoms with E-state index in [2.05, 4.69) is 20.4 Å². The number of nitrogens with zero attached hydrogens (tertiary/aromatic N) is 5. The van der Waals surface area contributed by atoms with E-state index in [1.165, 1.54) is 21.1 Å². The molecule has 1 aromatic carbocycles. The molecule has 4 N–H and O–H groups in total. The molecule has 1 unspecified atom stereocenters. The molecule has 6 aliphatic rings. The van der Waals surface area contributed by atoms with Crippen LogP contribution in [0.1, 0.15) is 47.9 Å². The number of likely N-dealkylation sites (tertiary alicyclic amines) is 1. The second-order valence-corrected chi connectivity index (χ2v) is 15.3. The Kier molecular flexibility index (Phi) is 10.0. The molecule has 6 aliphatic heterocycles. The molecule has 7 heterocycles. The average Bonchev–Trinajstić information content (AvgIpc) is 3.58. The minimum atomic E-state index is -5.19. The third-order valence-electron chi connectivity index (χ3n) is 11.4. The van der Waals surface area contributed by atoms with Crippen molar-refractivity contribution in [2.24, 2.45) is 5.92 Å². The number of hydrogen-bond donors (Lipinski definition) is 3. The first-order chi connectivity index (χ1) is 24.7. The predicted octanol–water partition coefficient (Wildman–Crippen LogP) is 4.74. The van der Waals surface area contributed by atoms with Crippen LogP contribution >= 0.6 is 11.3 Å². The van der Waals surface area contributed by atoms with Crippen molar-refractivity contribution >= 4 is 40.0 Å². The Hall–Kier alpha value is -3.77. The van der Waals surface area contributed by atoms with Crippen LogP contribution in [0, 0.1) is 5.92 Å². The molecular weight excluding hydrogens is 714 g/mol. The van der Waals surface area contributed by atoms with Gasteiger partial charge in [-0.3, -0.25) is 15.0 Å². The van der Waals surface area contributed by atoms with E-state index in [-0.39, 0.29) is 25.2 Å². The molecule has 52 heavy (non-hydrogen) atoms. The third-order valence-corrected chi connectivity index (χ3v) is 12.2. The van der Waals surface area contributed by atoms with Crippen molar-refractivity contribution in [3.63, 3.8) is 0 Å². The molecule has 8 rings (SSSR count). The number of piperazine rings is 1. The predicted molar refractivity (Wildman–Crippen MR) is 181 cm³/mol. The fourth-order valence-electron chi connectivity index (χ4n) is 8.49. The van der Waals surface area contributed by atoms with Crippen molar-refractivity contribution in [3.8, 4) is 0 Å². The lowest BCUT2D eigenvalue weighted by molar-refractivity contribution is -0.141. The first-order valence-electron chi connectivity index (χ1n) is 17.7. The summed E-state index contributed by atoms with van der Waals surface area (Å²) in [4.78, 5) is 50.1. The van der Waals surface area contributed by atoms with Gasteiger partial charge in [0, 0.05) is 69.9 Å². The van der Waals surface area contributed by atoms with Crippen LogP contribution in [0.15, 0.2) is 23.6 Å². The standard InChI is InChI=1S/C34H42F6N8O3S/c35-33(36,37)24-15-20(16-25(28(24)41)34(38,39)40)17-26(30(49)46-12-10-45(11-13-46)27-19-44-6-1-21(27)2-7-44)42-31(50)47-8-3-23(4-9-47)48-18-22-5-14-52-29(22)43-32(48)51/h5,14-16,21,23,26-27H,1-4,6-13,17-19,41H2,(H,42,50)(H,43,51)/t26-,27?/m1/s1. The summed E-state index contributed by atoms with van der Waals surface area (Å²) in [5, 5.41) is 8.26. The van der Waals surface area contributed by atoms with Crippen molar-refractivity contribution in [1.82, 2.24) is 29.8 Å². The Morgan fingerprint density at radius 2 is 1.54 bits per heavy atom. The molecule has 11 nitrogen and oxygen atoms in total. The molecule has 0 aliphatic carbocycles. The summed E-state index contributed by atoms with van der Waals surface area (Å²) in [5.74, 6) is 0.00399. The highest BCUT2D eigenvalue weighted by molar-refractivity contribution is 7.14. The van der Waals surface area contributed by atoms with Gasteiger partial charge < -0.3 is 30.7 Å². The summed E-state index contributed by atoms with van der Waals surface area (Å²) >= 11 is 1.44. The number of carbonyl (C=O) groups excluding carboxylic acids is 3. The van der Waals surface area contributed by atoms with Gasteiger partial charge in [-0.05, 0) is 73.8 Å². The smallest absolute Gasteiger partial charge is 0.398 e. The van der Waals surface area contributed by atoms with Crippen LogP contribution < -0.4 is 16.4 Å². The molecule has 1 aromatic heterocycles. The summed E-state index contributed by atoms with van der Waals surface area (Å²) < 4.78 is 83.4. The zero-order chi connectivity index (χ0) is 36.9. The normalized spacial score (nSPS) is 25.2. The van der Waals surface area contributed by atoms with E-state index in [1.807, 2.05) is 11.4 Å². The second kappa shape index (κ2) is 14.2. The molecule has 5 fully saturated rings. The number of anilines is 2. The molecular formula is C34H42F6N8O3S. The number of fused-ring (bicyclic) bond motifs is 4. The largest absolute Gasteiger partial charge is 0.418 e. The minimum Gasteiger partial charge on any atom is -0.398 e. The van der Waals surface area contributed by atoms with E-state index in [0.29, 0.717) is 69.7 Å². The highest BCUT2D eigenvalue weighted by atomic mass is 32.1. The number of benzene rings is 1. The van der Waals surface area contributed by atoms with Crippen LogP contribution in [0.5, 0.6) is 0 Å². The Morgan fingerprint density at radius 1 is 0.904 bits per heavy atom. The van der Waals surface area contributed by atoms with Crippen molar-refractivity contribution in [2.75, 3.05) is 70.0 Å². The summed E-state index contributed by atoms with van der Waals surface area (Å²) in [6.45, 7) is 5.80. The minimum absolute atomic E-state index is 0.154. The van der Waals surface area contributed by atoms with Gasteiger partial charge in [0.1, 0.15) is 11.0 Å². The molecule has 0 radical (unpaired) electrons. The Morgan fingerprint density at radius 3 is 2.12 bits per heavy atom. The number of halogens is 6. The van der Waals surface area contributed by atoms with Gasteiger partial charge in [0.15, 0.2) is 0 Å². The molecule has 2 bridgehead atoms. The number of thiophene rings is 1. The maximum absolute atomic E-state index is 14.1. The Labute approximate surface area is 301 Å². The number of amides is 5. The van der Waals surface area contributed by atoms with Gasteiger partial charge >= 0.3 is 24.4 Å². The molecule has 2 atom stereocenters. The number of nitrogen functional groups attached to an aromatic ring is 1. The number of alkyl halides is 6. The van der Waals surface area contributed by atoms with E-state index in [0.717, 1.165) is 43.0 Å². The summed E-state index contributed by atoms with van der Waals surface area (Å²) in [6, 6.07) is 0.888. The number of nitrogens with one attached hydrogen (secondary N) is 2. The van der Waals surface area contributed by atoms with Crippen molar-refractivity contribution in [3.05, 3.63) is 45.8 Å². The van der Waals surface area contributed by atoms with Gasteiger partial charge in [-0.2, -0.15) is 26.3 Å². The van der Waals surface area contributed by atoms with Gasteiger partial charge in [0.25, 0.3) is 0 Å². The number of nitrogens with two attached hydrogens (primary N) is 1. The zero-order valence-electron chi connectivity index (χ0n) is 28.4. The van der Waals surface area contributed by atoms with E-state index in [4.69, 9.17) is 5.73 Å². The molecule has 0 saturated carbocycles. The van der Waals surface area contributed by atoms with Crippen LogP contribution in [-0.2, 0) is 30.1 Å². The fraction of sp³-hybridized carbons (Fsp3) is 0.618. The van der Waals surface area contributed by atoms with E-state index in [9.17, 15) is 40.7 Å². The third kappa shape index (κ3) is 7.51. The van der Waals surface area contributed by atoms with Gasteiger partial charge in [-0.1, -0.05) is 0 Å². The first-order valence-corrected chi connectivity index (χ1v) is 18.5. The van der Waals surface area contributed by atoms with Crippen LogP contribution in [0.25, 0.3) is 0 Å². The second-order valence-electron chi connectivity index (χ2n) is 14.4. The van der Waals surface area contributed by atoms with Crippen LogP contribution in [0.3, 0.4) is 0 Å². The summed E-state index contributed by atoms with van der Waals surface area (Å²) in [5.41, 5.74) is 1.19. The number of urea groups is 2. The SMILES string of the molecule is Nc1c(C(F)(F)F)cc(C[C@@H](NC(=O)N2CCC(N3Cc4ccsc4NC3=O)CC2)C(=O)N2CCN(C3CN4CCC3CC4)CC2)cc1C(F)(F)F. The molecule has 18 heteroatoms. The number of rotatable bonds is 6. The molecule has 2 aromatic rings.